The number of hydrogen-bond acceptors (Lipinski definition) is 2. The molecule has 0 unspecified atom stereocenters. The Hall–Kier alpha value is -1.32. The predicted octanol–water partition coefficient (Wildman–Crippen LogP) is 2.61. The number of aromatic nitrogens is 1. The Morgan fingerprint density at radius 1 is 1.28 bits per heavy atom. The van der Waals surface area contributed by atoms with Crippen LogP contribution in [0.4, 0.5) is 0 Å². The van der Waals surface area contributed by atoms with Crippen LogP contribution in [0.25, 0.3) is 10.9 Å². The largest absolute Gasteiger partial charge is 0.385 e. The lowest BCUT2D eigenvalue weighted by Crippen LogP contribution is -2.18. The zero-order chi connectivity index (χ0) is 13.0. The van der Waals surface area contributed by atoms with Crippen LogP contribution in [0.2, 0.25) is 0 Å². The van der Waals surface area contributed by atoms with Gasteiger partial charge in [0.05, 0.1) is 0 Å². The van der Waals surface area contributed by atoms with E-state index in [0.717, 1.165) is 26.1 Å². The van der Waals surface area contributed by atoms with E-state index in [1.54, 1.807) is 7.11 Å². The summed E-state index contributed by atoms with van der Waals surface area (Å²) >= 11 is 0. The molecular formula is C15H22N2O. The molecule has 1 aromatic carbocycles. The maximum atomic E-state index is 5.04. The van der Waals surface area contributed by atoms with Crippen LogP contribution < -0.4 is 5.32 Å². The second kappa shape index (κ2) is 6.03. The van der Waals surface area contributed by atoms with Crippen molar-refractivity contribution in [3.63, 3.8) is 0 Å². The minimum absolute atomic E-state index is 0.821. The number of benzene rings is 1. The maximum Gasteiger partial charge on any atom is 0.0483 e. The smallest absolute Gasteiger partial charge is 0.0483 e. The summed E-state index contributed by atoms with van der Waals surface area (Å²) in [5.74, 6) is 0. The van der Waals surface area contributed by atoms with E-state index in [-0.39, 0.29) is 0 Å². The number of hydrogen-bond donors (Lipinski definition) is 1. The minimum atomic E-state index is 0.821. The second-order valence-corrected chi connectivity index (χ2v) is 4.67. The number of nitrogens with one attached hydrogen (secondary N) is 1. The van der Waals surface area contributed by atoms with Gasteiger partial charge in [-0.1, -0.05) is 18.2 Å². The molecule has 18 heavy (non-hydrogen) atoms. The summed E-state index contributed by atoms with van der Waals surface area (Å²) in [7, 11) is 3.88. The molecular weight excluding hydrogens is 224 g/mol. The summed E-state index contributed by atoms with van der Waals surface area (Å²) in [5, 5.41) is 4.83. The van der Waals surface area contributed by atoms with E-state index >= 15 is 0 Å². The van der Waals surface area contributed by atoms with Gasteiger partial charge >= 0.3 is 0 Å². The Morgan fingerprint density at radius 2 is 2.06 bits per heavy atom. The van der Waals surface area contributed by atoms with E-state index in [9.17, 15) is 0 Å². The first-order valence-electron chi connectivity index (χ1n) is 6.48. The number of nitrogens with zero attached hydrogens (tertiary/aromatic N) is 1. The van der Waals surface area contributed by atoms with Gasteiger partial charge in [-0.15, -0.1) is 0 Å². The Kier molecular flexibility index (Phi) is 4.39. The van der Waals surface area contributed by atoms with Gasteiger partial charge in [0.1, 0.15) is 0 Å². The van der Waals surface area contributed by atoms with Crippen molar-refractivity contribution in [2.75, 3.05) is 20.3 Å². The molecule has 1 aromatic heterocycles. The lowest BCUT2D eigenvalue weighted by Gasteiger charge is -2.07. The molecule has 0 aliphatic heterocycles. The Balaban J connectivity index is 2.08. The van der Waals surface area contributed by atoms with Crippen LogP contribution in [0.3, 0.4) is 0 Å². The third-order valence-corrected chi connectivity index (χ3v) is 3.50. The summed E-state index contributed by atoms with van der Waals surface area (Å²) in [4.78, 5) is 0. The van der Waals surface area contributed by atoms with Gasteiger partial charge in [0.15, 0.2) is 0 Å². The summed E-state index contributed by atoms with van der Waals surface area (Å²) in [6, 6.07) is 8.57. The second-order valence-electron chi connectivity index (χ2n) is 4.67. The molecule has 0 aliphatic carbocycles. The van der Waals surface area contributed by atoms with Crippen molar-refractivity contribution in [2.24, 2.45) is 7.05 Å². The standard InChI is InChI=1S/C15H22N2O/c1-12-13-7-4-5-8-14(13)17(2)15(12)11-16-9-6-10-18-3/h4-5,7-8,16H,6,9-11H2,1-3H3. The van der Waals surface area contributed by atoms with Gasteiger partial charge < -0.3 is 14.6 Å². The molecule has 0 atom stereocenters. The van der Waals surface area contributed by atoms with Crippen molar-refractivity contribution in [1.29, 1.82) is 0 Å². The summed E-state index contributed by atoms with van der Waals surface area (Å²) in [6.07, 6.45) is 1.06. The van der Waals surface area contributed by atoms with Gasteiger partial charge in [0, 0.05) is 43.9 Å². The highest BCUT2D eigenvalue weighted by atomic mass is 16.5. The first kappa shape index (κ1) is 13.1. The van der Waals surface area contributed by atoms with E-state index in [1.807, 2.05) is 0 Å². The van der Waals surface area contributed by atoms with Crippen molar-refractivity contribution in [3.8, 4) is 0 Å². The highest BCUT2D eigenvalue weighted by Gasteiger charge is 2.09. The highest BCUT2D eigenvalue weighted by molar-refractivity contribution is 5.85. The zero-order valence-electron chi connectivity index (χ0n) is 11.5. The van der Waals surface area contributed by atoms with Crippen LogP contribution in [0.5, 0.6) is 0 Å². The van der Waals surface area contributed by atoms with Gasteiger partial charge in [-0.25, -0.2) is 0 Å². The van der Waals surface area contributed by atoms with Crippen molar-refractivity contribution in [2.45, 2.75) is 19.9 Å². The van der Waals surface area contributed by atoms with E-state index in [2.05, 4.69) is 48.1 Å². The average molecular weight is 246 g/mol. The fraction of sp³-hybridized carbons (Fsp3) is 0.467. The number of methoxy groups -OCH3 is 1. The fourth-order valence-electron chi connectivity index (χ4n) is 2.44. The molecule has 3 heteroatoms. The Labute approximate surface area is 109 Å². The van der Waals surface area contributed by atoms with Crippen LogP contribution in [-0.4, -0.2) is 24.8 Å². The molecule has 0 amide bonds. The van der Waals surface area contributed by atoms with Crippen LogP contribution in [0.1, 0.15) is 17.7 Å². The van der Waals surface area contributed by atoms with Gasteiger partial charge in [-0.2, -0.15) is 0 Å². The van der Waals surface area contributed by atoms with Gasteiger partial charge in [0.25, 0.3) is 0 Å². The molecule has 0 saturated heterocycles. The summed E-state index contributed by atoms with van der Waals surface area (Å²) < 4.78 is 7.33. The predicted molar refractivity (Wildman–Crippen MR) is 75.9 cm³/mol. The highest BCUT2D eigenvalue weighted by Crippen LogP contribution is 2.24. The lowest BCUT2D eigenvalue weighted by molar-refractivity contribution is 0.194. The summed E-state index contributed by atoms with van der Waals surface area (Å²) in [5.41, 5.74) is 4.06. The molecule has 0 spiro atoms. The first-order valence-corrected chi connectivity index (χ1v) is 6.48. The van der Waals surface area contributed by atoms with E-state index in [1.165, 1.54) is 22.2 Å². The zero-order valence-corrected chi connectivity index (χ0v) is 11.5. The topological polar surface area (TPSA) is 26.2 Å². The normalized spacial score (nSPS) is 11.3. The minimum Gasteiger partial charge on any atom is -0.385 e. The average Bonchev–Trinajstić information content (AvgIpc) is 2.64. The van der Waals surface area contributed by atoms with Crippen molar-refractivity contribution < 1.29 is 4.74 Å². The maximum absolute atomic E-state index is 5.04. The molecule has 0 aliphatic rings. The quantitative estimate of drug-likeness (QED) is 0.793. The van der Waals surface area contributed by atoms with Crippen LogP contribution >= 0.6 is 0 Å². The van der Waals surface area contributed by atoms with Crippen molar-refractivity contribution in [1.82, 2.24) is 9.88 Å². The monoisotopic (exact) mass is 246 g/mol. The number of fused-ring (bicyclic) bond motifs is 1. The Bertz CT molecular complexity index is 477. The number of para-hydroxylation sites is 1. The van der Waals surface area contributed by atoms with Gasteiger partial charge in [0.2, 0.25) is 0 Å². The summed E-state index contributed by atoms with van der Waals surface area (Å²) in [6.45, 7) is 4.94. The van der Waals surface area contributed by atoms with Crippen LogP contribution in [-0.2, 0) is 18.3 Å². The fourth-order valence-corrected chi connectivity index (χ4v) is 2.44. The molecule has 0 bridgehead atoms. The molecule has 2 aromatic rings. The Morgan fingerprint density at radius 3 is 2.78 bits per heavy atom. The van der Waals surface area contributed by atoms with Crippen molar-refractivity contribution in [3.05, 3.63) is 35.5 Å². The molecule has 0 fully saturated rings. The van der Waals surface area contributed by atoms with E-state index in [4.69, 9.17) is 4.74 Å². The molecule has 2 rings (SSSR count). The van der Waals surface area contributed by atoms with Crippen molar-refractivity contribution >= 4 is 10.9 Å². The lowest BCUT2D eigenvalue weighted by atomic mass is 10.1. The SMILES string of the molecule is COCCCNCc1c(C)c2ccccc2n1C. The third kappa shape index (κ3) is 2.57. The number of aryl methyl sites for hydroxylation is 2. The molecule has 0 saturated carbocycles. The first-order chi connectivity index (χ1) is 8.75. The number of rotatable bonds is 6. The molecule has 1 N–H and O–H groups in total. The van der Waals surface area contributed by atoms with Crippen LogP contribution in [0.15, 0.2) is 24.3 Å². The van der Waals surface area contributed by atoms with Gasteiger partial charge in [-0.05, 0) is 31.5 Å². The van der Waals surface area contributed by atoms with Crippen LogP contribution in [0, 0.1) is 6.92 Å². The molecule has 1 heterocycles. The molecule has 3 nitrogen and oxygen atoms in total. The number of ether oxygens (including phenoxy) is 1. The van der Waals surface area contributed by atoms with E-state index < -0.39 is 0 Å². The van der Waals surface area contributed by atoms with Gasteiger partial charge in [-0.3, -0.25) is 0 Å². The molecule has 98 valence electrons. The molecule has 0 radical (unpaired) electrons. The van der Waals surface area contributed by atoms with E-state index in [0.29, 0.717) is 0 Å². The third-order valence-electron chi connectivity index (χ3n) is 3.50.